The number of hydrogen-bond acceptors (Lipinski definition) is 6. The summed E-state index contributed by atoms with van der Waals surface area (Å²) < 4.78 is 41.6. The highest BCUT2D eigenvalue weighted by molar-refractivity contribution is 9.10. The van der Waals surface area contributed by atoms with E-state index >= 15 is 0 Å². The minimum atomic E-state index is -4.66. The smallest absolute Gasteiger partial charge is 0.417 e. The number of alkyl halides is 3. The molecule has 2 heterocycles. The van der Waals surface area contributed by atoms with Crippen LogP contribution >= 0.6 is 15.9 Å². The first-order chi connectivity index (χ1) is 20.1. The first-order valence-corrected chi connectivity index (χ1v) is 13.8. The van der Waals surface area contributed by atoms with Gasteiger partial charge in [0.1, 0.15) is 0 Å². The third kappa shape index (κ3) is 6.33. The fourth-order valence-corrected chi connectivity index (χ4v) is 5.08. The van der Waals surface area contributed by atoms with E-state index in [1.54, 1.807) is 19.9 Å². The number of carbonyl (C=O) groups excluding carboxylic acids is 2. The van der Waals surface area contributed by atoms with Crippen LogP contribution in [0.15, 0.2) is 64.4 Å². The summed E-state index contributed by atoms with van der Waals surface area (Å²) >= 11 is 2.89. The Morgan fingerprint density at radius 1 is 1.19 bits per heavy atom. The van der Waals surface area contributed by atoms with Gasteiger partial charge in [-0.2, -0.15) is 13.2 Å². The van der Waals surface area contributed by atoms with E-state index in [-0.39, 0.29) is 46.2 Å². The molecule has 3 aromatic rings. The Balaban J connectivity index is 1.75. The van der Waals surface area contributed by atoms with Gasteiger partial charge in [0.15, 0.2) is 0 Å². The number of nitrogens with zero attached hydrogens (tertiary/aromatic N) is 4. The maximum absolute atomic E-state index is 13.9. The normalized spacial score (nSPS) is 15.3. The minimum Gasteiger partial charge on any atom is -0.465 e. The summed E-state index contributed by atoms with van der Waals surface area (Å²) in [6, 6.07) is 8.13. The van der Waals surface area contributed by atoms with Gasteiger partial charge in [0.25, 0.3) is 17.4 Å². The van der Waals surface area contributed by atoms with E-state index in [0.717, 1.165) is 13.1 Å². The maximum Gasteiger partial charge on any atom is 0.417 e. The Morgan fingerprint density at radius 2 is 1.81 bits per heavy atom. The largest absolute Gasteiger partial charge is 0.465 e. The van der Waals surface area contributed by atoms with Gasteiger partial charge in [-0.15, -0.1) is 6.58 Å². The second kappa shape index (κ2) is 12.0. The van der Waals surface area contributed by atoms with Gasteiger partial charge in [0.2, 0.25) is 5.95 Å². The van der Waals surface area contributed by atoms with Crippen molar-refractivity contribution < 1.29 is 32.7 Å². The average Bonchev–Trinajstić information content (AvgIpc) is 2.96. The summed E-state index contributed by atoms with van der Waals surface area (Å²) in [6.45, 7) is 7.09. The van der Waals surface area contributed by atoms with Crippen LogP contribution in [0.5, 0.6) is 0 Å². The zero-order valence-corrected chi connectivity index (χ0v) is 24.9. The topological polar surface area (TPSA) is 125 Å². The highest BCUT2D eigenvalue weighted by Gasteiger charge is 2.36. The van der Waals surface area contributed by atoms with Crippen LogP contribution in [-0.2, 0) is 19.1 Å². The fourth-order valence-electron chi connectivity index (χ4n) is 4.60. The predicted molar refractivity (Wildman–Crippen MR) is 155 cm³/mol. The first-order valence-electron chi connectivity index (χ1n) is 13.0. The van der Waals surface area contributed by atoms with E-state index in [4.69, 9.17) is 5.11 Å². The van der Waals surface area contributed by atoms with Crippen LogP contribution in [0.4, 0.5) is 23.9 Å². The highest BCUT2D eigenvalue weighted by Crippen LogP contribution is 2.36. The molecule has 10 nitrogen and oxygen atoms in total. The number of carbonyl (C=O) groups is 3. The van der Waals surface area contributed by atoms with E-state index in [9.17, 15) is 32.3 Å². The number of anilines is 1. The Morgan fingerprint density at radius 3 is 2.40 bits per heavy atom. The lowest BCUT2D eigenvalue weighted by Crippen LogP contribution is -2.46. The maximum atomic E-state index is 13.9. The molecule has 0 aliphatic carbocycles. The van der Waals surface area contributed by atoms with Gasteiger partial charge in [-0.1, -0.05) is 22.0 Å². The number of carboxylic acid groups (broad SMARTS) is 1. The van der Waals surface area contributed by atoms with Crippen molar-refractivity contribution in [2.45, 2.75) is 45.1 Å². The van der Waals surface area contributed by atoms with Crippen molar-refractivity contribution in [3.63, 3.8) is 0 Å². The molecule has 0 unspecified atom stereocenters. The van der Waals surface area contributed by atoms with E-state index in [1.165, 1.54) is 45.9 Å². The lowest BCUT2D eigenvalue weighted by Gasteiger charge is -2.35. The standard InChI is InChI=1S/C29H27BrF3N5O5/c1-5-15(2)34-27-35-23-14-37(25(40)18-8-11-22(30)21(13-18)29(31,32)33)16(3)12-20(23)26(41)38(27)19-9-6-17(7-10-19)24(39)36(4)28(42)43/h5-11,13,15-16H,1,12,14H2,2-4H3,(H,34,35)(H,42,43)/t15-,16+/m0/s1. The molecule has 1 aliphatic rings. The van der Waals surface area contributed by atoms with Gasteiger partial charge in [-0.3, -0.25) is 14.4 Å². The number of hydrogen-bond donors (Lipinski definition) is 2. The lowest BCUT2D eigenvalue weighted by atomic mass is 9.98. The highest BCUT2D eigenvalue weighted by atomic mass is 79.9. The molecule has 43 heavy (non-hydrogen) atoms. The van der Waals surface area contributed by atoms with Gasteiger partial charge < -0.3 is 15.3 Å². The van der Waals surface area contributed by atoms with Crippen molar-refractivity contribution >= 4 is 39.8 Å². The Kier molecular flexibility index (Phi) is 8.81. The van der Waals surface area contributed by atoms with Crippen LogP contribution in [0, 0.1) is 0 Å². The van der Waals surface area contributed by atoms with Gasteiger partial charge in [-0.25, -0.2) is 19.2 Å². The van der Waals surface area contributed by atoms with Crippen molar-refractivity contribution in [1.29, 1.82) is 0 Å². The Bertz CT molecular complexity index is 1670. The van der Waals surface area contributed by atoms with E-state index in [2.05, 4.69) is 32.8 Å². The van der Waals surface area contributed by atoms with E-state index in [1.807, 2.05) is 0 Å². The van der Waals surface area contributed by atoms with Crippen molar-refractivity contribution in [2.24, 2.45) is 0 Å². The van der Waals surface area contributed by atoms with Gasteiger partial charge in [0.05, 0.1) is 23.5 Å². The molecule has 2 aromatic carbocycles. The number of fused-ring (bicyclic) bond motifs is 1. The van der Waals surface area contributed by atoms with Crippen molar-refractivity contribution in [3.8, 4) is 5.69 Å². The average molecular weight is 662 g/mol. The van der Waals surface area contributed by atoms with Crippen LogP contribution in [0.2, 0.25) is 0 Å². The Labute approximate surface area is 252 Å². The van der Waals surface area contributed by atoms with Gasteiger partial charge in [0, 0.05) is 40.3 Å². The number of benzene rings is 2. The minimum absolute atomic E-state index is 0.0889. The van der Waals surface area contributed by atoms with Crippen molar-refractivity contribution in [2.75, 3.05) is 12.4 Å². The number of aromatic nitrogens is 2. The number of imide groups is 1. The lowest BCUT2D eigenvalue weighted by molar-refractivity contribution is -0.138. The summed E-state index contributed by atoms with van der Waals surface area (Å²) in [4.78, 5) is 57.4. The molecule has 0 fully saturated rings. The van der Waals surface area contributed by atoms with Gasteiger partial charge >= 0.3 is 12.3 Å². The second-order valence-corrected chi connectivity index (χ2v) is 10.9. The molecule has 2 N–H and O–H groups in total. The molecular formula is C29H27BrF3N5O5. The molecule has 226 valence electrons. The summed E-state index contributed by atoms with van der Waals surface area (Å²) in [5.41, 5.74) is -0.522. The number of amides is 3. The first kappa shape index (κ1) is 31.5. The second-order valence-electron chi connectivity index (χ2n) is 10.0. The molecule has 14 heteroatoms. The van der Waals surface area contributed by atoms with E-state index < -0.39 is 41.2 Å². The predicted octanol–water partition coefficient (Wildman–Crippen LogP) is 5.34. The molecule has 3 amide bonds. The van der Waals surface area contributed by atoms with Crippen molar-refractivity contribution in [3.05, 3.63) is 97.9 Å². The number of rotatable bonds is 6. The summed E-state index contributed by atoms with van der Waals surface area (Å²) in [5, 5.41) is 12.2. The molecule has 0 saturated heterocycles. The van der Waals surface area contributed by atoms with Crippen LogP contribution < -0.4 is 10.9 Å². The third-order valence-electron chi connectivity index (χ3n) is 7.07. The summed E-state index contributed by atoms with van der Waals surface area (Å²) in [7, 11) is 1.12. The van der Waals surface area contributed by atoms with Crippen LogP contribution in [0.25, 0.3) is 5.69 Å². The molecule has 2 atom stereocenters. The zero-order valence-electron chi connectivity index (χ0n) is 23.3. The SMILES string of the molecule is C=C[C@H](C)Nc1nc2c(c(=O)n1-c1ccc(C(=O)N(C)C(=O)O)cc1)C[C@@H](C)N(C(=O)c1ccc(Br)c(C(F)(F)F)c1)C2. The third-order valence-corrected chi connectivity index (χ3v) is 7.76. The molecule has 0 bridgehead atoms. The number of nitrogens with one attached hydrogen (secondary N) is 1. The summed E-state index contributed by atoms with van der Waals surface area (Å²) in [6.07, 6.45) is -4.41. The van der Waals surface area contributed by atoms with Crippen LogP contribution in [0.1, 0.15) is 51.4 Å². The quantitative estimate of drug-likeness (QED) is 0.342. The molecule has 1 aromatic heterocycles. The molecule has 0 radical (unpaired) electrons. The van der Waals surface area contributed by atoms with E-state index in [0.29, 0.717) is 16.2 Å². The number of halogens is 4. The molecule has 1 aliphatic heterocycles. The van der Waals surface area contributed by atoms with Crippen LogP contribution in [0.3, 0.4) is 0 Å². The zero-order chi connectivity index (χ0) is 31.8. The monoisotopic (exact) mass is 661 g/mol. The molecule has 4 rings (SSSR count). The van der Waals surface area contributed by atoms with Crippen molar-refractivity contribution in [1.82, 2.24) is 19.4 Å². The molecule has 0 saturated carbocycles. The van der Waals surface area contributed by atoms with Gasteiger partial charge in [-0.05, 0) is 62.7 Å². The summed E-state index contributed by atoms with van der Waals surface area (Å²) in [5.74, 6) is -1.27. The van der Waals surface area contributed by atoms with Crippen LogP contribution in [-0.4, -0.2) is 61.5 Å². The Hall–Kier alpha value is -4.46. The molecule has 0 spiro atoms. The fraction of sp³-hybridized carbons (Fsp3) is 0.276. The molecular weight excluding hydrogens is 635 g/mol.